The number of fused-ring (bicyclic) bond motifs is 2. The smallest absolute Gasteiger partial charge is 0.315 e. The number of hydrogen-bond acceptors (Lipinski definition) is 3. The Kier molecular flexibility index (Phi) is 4.96. The molecule has 0 aliphatic carbocycles. The summed E-state index contributed by atoms with van der Waals surface area (Å²) in [6.45, 7) is 1.47. The molecule has 0 fully saturated rings. The molecule has 2 heterocycles. The first kappa shape index (κ1) is 17.4. The van der Waals surface area contributed by atoms with Crippen LogP contribution in [0.5, 0.6) is 5.75 Å². The average Bonchev–Trinajstić information content (AvgIpc) is 3.10. The van der Waals surface area contributed by atoms with Crippen molar-refractivity contribution >= 4 is 17.6 Å². The summed E-state index contributed by atoms with van der Waals surface area (Å²) in [6.07, 6.45) is 2.25. The second kappa shape index (κ2) is 7.70. The number of benzene rings is 2. The zero-order valence-corrected chi connectivity index (χ0v) is 15.1. The average molecular weight is 365 g/mol. The maximum atomic E-state index is 12.6. The lowest BCUT2D eigenvalue weighted by Gasteiger charge is -2.29. The van der Waals surface area contributed by atoms with E-state index >= 15 is 0 Å². The molecule has 27 heavy (non-hydrogen) atoms. The summed E-state index contributed by atoms with van der Waals surface area (Å²) >= 11 is 0. The SMILES string of the molecule is O=C(NCCC(=O)N1CCCc2ccccc21)NC1COc2ccccc21. The Bertz CT molecular complexity index is 852. The predicted octanol–water partition coefficient (Wildman–Crippen LogP) is 2.79. The van der Waals surface area contributed by atoms with E-state index in [0.717, 1.165) is 36.4 Å². The van der Waals surface area contributed by atoms with E-state index in [9.17, 15) is 9.59 Å². The maximum absolute atomic E-state index is 12.6. The molecule has 2 aliphatic heterocycles. The van der Waals surface area contributed by atoms with Crippen LogP contribution in [0.2, 0.25) is 0 Å². The third-order valence-electron chi connectivity index (χ3n) is 5.04. The largest absolute Gasteiger partial charge is 0.491 e. The lowest BCUT2D eigenvalue weighted by molar-refractivity contribution is -0.118. The van der Waals surface area contributed by atoms with E-state index in [-0.39, 0.29) is 24.4 Å². The molecule has 140 valence electrons. The Morgan fingerprint density at radius 3 is 2.85 bits per heavy atom. The minimum absolute atomic E-state index is 0.0389. The van der Waals surface area contributed by atoms with Crippen LogP contribution in [0.25, 0.3) is 0 Å². The van der Waals surface area contributed by atoms with Crippen molar-refractivity contribution in [2.24, 2.45) is 0 Å². The number of carbonyl (C=O) groups excluding carboxylic acids is 2. The van der Waals surface area contributed by atoms with Crippen molar-refractivity contribution in [2.45, 2.75) is 25.3 Å². The quantitative estimate of drug-likeness (QED) is 0.875. The van der Waals surface area contributed by atoms with Gasteiger partial charge in [0.2, 0.25) is 5.91 Å². The third-order valence-corrected chi connectivity index (χ3v) is 5.04. The Labute approximate surface area is 158 Å². The molecule has 0 saturated heterocycles. The zero-order valence-electron chi connectivity index (χ0n) is 15.1. The highest BCUT2D eigenvalue weighted by molar-refractivity contribution is 5.94. The summed E-state index contributed by atoms with van der Waals surface area (Å²) < 4.78 is 5.56. The number of rotatable bonds is 4. The van der Waals surface area contributed by atoms with Gasteiger partial charge < -0.3 is 20.3 Å². The molecule has 1 atom stereocenters. The number of aryl methyl sites for hydroxylation is 1. The van der Waals surface area contributed by atoms with E-state index in [2.05, 4.69) is 16.7 Å². The Balaban J connectivity index is 1.27. The first-order valence-electron chi connectivity index (χ1n) is 9.37. The van der Waals surface area contributed by atoms with Crippen LogP contribution >= 0.6 is 0 Å². The summed E-state index contributed by atoms with van der Waals surface area (Å²) in [6, 6.07) is 15.3. The van der Waals surface area contributed by atoms with Crippen LogP contribution in [-0.2, 0) is 11.2 Å². The van der Waals surface area contributed by atoms with Crippen LogP contribution in [0, 0.1) is 0 Å². The van der Waals surface area contributed by atoms with Crippen LogP contribution in [0.4, 0.5) is 10.5 Å². The van der Waals surface area contributed by atoms with Crippen LogP contribution < -0.4 is 20.3 Å². The first-order valence-corrected chi connectivity index (χ1v) is 9.37. The van der Waals surface area contributed by atoms with Gasteiger partial charge in [0, 0.05) is 30.8 Å². The molecule has 1 unspecified atom stereocenters. The Hall–Kier alpha value is -3.02. The van der Waals surface area contributed by atoms with Crippen molar-refractivity contribution in [3.63, 3.8) is 0 Å². The van der Waals surface area contributed by atoms with Gasteiger partial charge in [-0.1, -0.05) is 36.4 Å². The molecular weight excluding hydrogens is 342 g/mol. The second-order valence-corrected chi connectivity index (χ2v) is 6.83. The van der Waals surface area contributed by atoms with Crippen molar-refractivity contribution in [1.82, 2.24) is 10.6 Å². The molecule has 0 aromatic heterocycles. The van der Waals surface area contributed by atoms with E-state index in [1.165, 1.54) is 5.56 Å². The van der Waals surface area contributed by atoms with E-state index in [0.29, 0.717) is 13.2 Å². The summed E-state index contributed by atoms with van der Waals surface area (Å²) in [7, 11) is 0. The minimum atomic E-state index is -0.285. The number of carbonyl (C=O) groups is 2. The highest BCUT2D eigenvalue weighted by Gasteiger charge is 2.25. The van der Waals surface area contributed by atoms with Gasteiger partial charge in [0.25, 0.3) is 0 Å². The summed E-state index contributed by atoms with van der Waals surface area (Å²) in [5.74, 6) is 0.846. The van der Waals surface area contributed by atoms with E-state index < -0.39 is 0 Å². The van der Waals surface area contributed by atoms with E-state index in [1.54, 1.807) is 0 Å². The van der Waals surface area contributed by atoms with Gasteiger partial charge in [-0.2, -0.15) is 0 Å². The van der Waals surface area contributed by atoms with Crippen molar-refractivity contribution in [2.75, 3.05) is 24.6 Å². The highest BCUT2D eigenvalue weighted by Crippen LogP contribution is 2.31. The molecule has 2 N–H and O–H groups in total. The minimum Gasteiger partial charge on any atom is -0.491 e. The topological polar surface area (TPSA) is 70.7 Å². The number of para-hydroxylation sites is 2. The van der Waals surface area contributed by atoms with Gasteiger partial charge in [0.15, 0.2) is 0 Å². The van der Waals surface area contributed by atoms with Crippen molar-refractivity contribution in [3.05, 3.63) is 59.7 Å². The molecule has 2 aromatic carbocycles. The fourth-order valence-electron chi connectivity index (χ4n) is 3.70. The molecule has 2 aliphatic rings. The van der Waals surface area contributed by atoms with Crippen LogP contribution in [0.3, 0.4) is 0 Å². The molecule has 2 aromatic rings. The monoisotopic (exact) mass is 365 g/mol. The number of hydrogen-bond donors (Lipinski definition) is 2. The summed E-state index contributed by atoms with van der Waals surface area (Å²) in [4.78, 5) is 26.6. The number of amides is 3. The predicted molar refractivity (Wildman–Crippen MR) is 103 cm³/mol. The molecule has 0 bridgehead atoms. The van der Waals surface area contributed by atoms with Gasteiger partial charge in [-0.15, -0.1) is 0 Å². The molecule has 6 nitrogen and oxygen atoms in total. The van der Waals surface area contributed by atoms with Crippen LogP contribution in [-0.4, -0.2) is 31.6 Å². The molecule has 3 amide bonds. The summed E-state index contributed by atoms with van der Waals surface area (Å²) in [5.41, 5.74) is 3.19. The van der Waals surface area contributed by atoms with Gasteiger partial charge in [-0.25, -0.2) is 4.79 Å². The van der Waals surface area contributed by atoms with E-state index in [1.807, 2.05) is 47.4 Å². The molecule has 4 rings (SSSR count). The molecular formula is C21H23N3O3. The van der Waals surface area contributed by atoms with Crippen molar-refractivity contribution in [1.29, 1.82) is 0 Å². The number of ether oxygens (including phenoxy) is 1. The molecule has 0 spiro atoms. The normalized spacial score (nSPS) is 17.5. The standard InChI is InChI=1S/C21H23N3O3/c25-20(24-13-5-7-15-6-1-3-9-18(15)24)11-12-22-21(26)23-17-14-27-19-10-4-2-8-16(17)19/h1-4,6,8-10,17H,5,7,11-14H2,(H2,22,23,26). The van der Waals surface area contributed by atoms with Gasteiger partial charge in [0.05, 0.1) is 6.04 Å². The zero-order chi connectivity index (χ0) is 18.6. The van der Waals surface area contributed by atoms with Gasteiger partial charge in [-0.05, 0) is 30.5 Å². The molecule has 6 heteroatoms. The lowest BCUT2D eigenvalue weighted by Crippen LogP contribution is -2.41. The van der Waals surface area contributed by atoms with Gasteiger partial charge in [0.1, 0.15) is 12.4 Å². The molecule has 0 saturated carbocycles. The fourth-order valence-corrected chi connectivity index (χ4v) is 3.70. The van der Waals surface area contributed by atoms with Crippen LogP contribution in [0.1, 0.15) is 30.0 Å². The van der Waals surface area contributed by atoms with Gasteiger partial charge in [-0.3, -0.25) is 4.79 Å². The van der Waals surface area contributed by atoms with E-state index in [4.69, 9.17) is 4.74 Å². The van der Waals surface area contributed by atoms with Crippen LogP contribution in [0.15, 0.2) is 48.5 Å². The second-order valence-electron chi connectivity index (χ2n) is 6.83. The number of anilines is 1. The van der Waals surface area contributed by atoms with Gasteiger partial charge >= 0.3 is 6.03 Å². The van der Waals surface area contributed by atoms with Crippen molar-refractivity contribution < 1.29 is 14.3 Å². The lowest BCUT2D eigenvalue weighted by atomic mass is 10.0. The van der Waals surface area contributed by atoms with Crippen molar-refractivity contribution in [3.8, 4) is 5.75 Å². The highest BCUT2D eigenvalue weighted by atomic mass is 16.5. The Morgan fingerprint density at radius 1 is 1.11 bits per heavy atom. The fraction of sp³-hybridized carbons (Fsp3) is 0.333. The Morgan fingerprint density at radius 2 is 1.93 bits per heavy atom. The number of nitrogens with one attached hydrogen (secondary N) is 2. The maximum Gasteiger partial charge on any atom is 0.315 e. The summed E-state index contributed by atoms with van der Waals surface area (Å²) in [5, 5.41) is 5.69. The first-order chi connectivity index (χ1) is 13.2. The number of urea groups is 1. The number of nitrogens with zero attached hydrogens (tertiary/aromatic N) is 1. The third kappa shape index (κ3) is 3.74. The molecule has 0 radical (unpaired) electrons.